The molecule has 2 aromatic heterocycles. The predicted molar refractivity (Wildman–Crippen MR) is 90.5 cm³/mol. The Morgan fingerprint density at radius 1 is 1.33 bits per heavy atom. The van der Waals surface area contributed by atoms with Crippen LogP contribution >= 0.6 is 11.3 Å². The molecule has 1 N–H and O–H groups in total. The van der Waals surface area contributed by atoms with Crippen LogP contribution in [0, 0.1) is 0 Å². The van der Waals surface area contributed by atoms with Gasteiger partial charge in [-0.05, 0) is 36.4 Å². The number of methoxy groups -OCH3 is 1. The molecule has 2 heterocycles. The smallest absolute Gasteiger partial charge is 0.270 e. The lowest BCUT2D eigenvalue weighted by molar-refractivity contribution is 0.102. The van der Waals surface area contributed by atoms with Gasteiger partial charge in [0, 0.05) is 5.92 Å². The molecule has 3 aromatic rings. The van der Waals surface area contributed by atoms with E-state index in [0.29, 0.717) is 28.8 Å². The molecule has 1 aliphatic carbocycles. The number of hydrogen-bond donors (Lipinski definition) is 1. The second-order valence-corrected chi connectivity index (χ2v) is 6.47. The highest BCUT2D eigenvalue weighted by Gasteiger charge is 2.29. The first kappa shape index (κ1) is 14.9. The number of thiophene rings is 1. The van der Waals surface area contributed by atoms with Gasteiger partial charge >= 0.3 is 0 Å². The molecule has 0 atom stereocenters. The maximum Gasteiger partial charge on any atom is 0.270 e. The molecule has 1 aromatic carbocycles. The van der Waals surface area contributed by atoms with Crippen molar-refractivity contribution in [3.63, 3.8) is 0 Å². The van der Waals surface area contributed by atoms with Crippen LogP contribution < -0.4 is 10.1 Å². The number of benzene rings is 1. The molecule has 0 radical (unpaired) electrons. The number of rotatable bonds is 5. The average Bonchev–Trinajstić information content (AvgIpc) is 3.16. The maximum absolute atomic E-state index is 12.5. The van der Waals surface area contributed by atoms with Crippen LogP contribution in [0.2, 0.25) is 0 Å². The number of para-hydroxylation sites is 1. The molecule has 4 rings (SSSR count). The van der Waals surface area contributed by atoms with E-state index in [1.807, 2.05) is 17.5 Å². The van der Waals surface area contributed by atoms with Gasteiger partial charge in [0.25, 0.3) is 11.8 Å². The van der Waals surface area contributed by atoms with E-state index in [9.17, 15) is 4.79 Å². The van der Waals surface area contributed by atoms with Gasteiger partial charge in [-0.1, -0.05) is 17.3 Å². The molecule has 1 aliphatic rings. The van der Waals surface area contributed by atoms with Crippen LogP contribution in [0.3, 0.4) is 0 Å². The summed E-state index contributed by atoms with van der Waals surface area (Å²) in [4.78, 5) is 17.8. The number of anilines is 1. The van der Waals surface area contributed by atoms with E-state index in [0.717, 1.165) is 23.5 Å². The normalized spacial score (nSPS) is 13.7. The highest BCUT2D eigenvalue weighted by molar-refractivity contribution is 7.14. The third-order valence-corrected chi connectivity index (χ3v) is 4.75. The molecule has 7 heteroatoms. The number of carbonyl (C=O) groups is 1. The zero-order chi connectivity index (χ0) is 16.5. The Bertz CT molecular complexity index is 883. The quantitative estimate of drug-likeness (QED) is 0.760. The maximum atomic E-state index is 12.5. The van der Waals surface area contributed by atoms with Crippen LogP contribution in [0.25, 0.3) is 10.8 Å². The van der Waals surface area contributed by atoms with E-state index in [1.54, 1.807) is 25.3 Å². The molecule has 1 fully saturated rings. The van der Waals surface area contributed by atoms with Crippen LogP contribution in [0.5, 0.6) is 5.75 Å². The Morgan fingerprint density at radius 3 is 2.96 bits per heavy atom. The van der Waals surface area contributed by atoms with E-state index in [2.05, 4.69) is 15.5 Å². The summed E-state index contributed by atoms with van der Waals surface area (Å²) >= 11 is 1.45. The van der Waals surface area contributed by atoms with Gasteiger partial charge in [-0.25, -0.2) is 0 Å². The van der Waals surface area contributed by atoms with Crippen molar-refractivity contribution in [2.45, 2.75) is 18.8 Å². The summed E-state index contributed by atoms with van der Waals surface area (Å²) in [5.41, 5.74) is 1.13. The molecule has 1 saturated carbocycles. The zero-order valence-electron chi connectivity index (χ0n) is 13.0. The lowest BCUT2D eigenvalue weighted by Crippen LogP contribution is -2.13. The van der Waals surface area contributed by atoms with Crippen LogP contribution in [0.1, 0.15) is 34.9 Å². The molecule has 1 amide bonds. The van der Waals surface area contributed by atoms with Gasteiger partial charge in [-0.3, -0.25) is 4.79 Å². The second kappa shape index (κ2) is 6.09. The van der Waals surface area contributed by atoms with Crippen molar-refractivity contribution in [3.8, 4) is 16.5 Å². The molecule has 0 bridgehead atoms. The fourth-order valence-corrected chi connectivity index (χ4v) is 3.20. The lowest BCUT2D eigenvalue weighted by atomic mass is 10.2. The van der Waals surface area contributed by atoms with Crippen LogP contribution in [-0.4, -0.2) is 23.2 Å². The molecular formula is C17H15N3O3S. The predicted octanol–water partition coefficient (Wildman–Crippen LogP) is 3.94. The second-order valence-electron chi connectivity index (χ2n) is 5.55. The van der Waals surface area contributed by atoms with E-state index in [-0.39, 0.29) is 5.91 Å². The molecular weight excluding hydrogens is 326 g/mol. The van der Waals surface area contributed by atoms with E-state index in [4.69, 9.17) is 9.26 Å². The minimum Gasteiger partial charge on any atom is -0.496 e. The van der Waals surface area contributed by atoms with Crippen molar-refractivity contribution >= 4 is 22.9 Å². The third kappa shape index (κ3) is 2.78. The first-order chi connectivity index (χ1) is 11.8. The summed E-state index contributed by atoms with van der Waals surface area (Å²) in [5, 5.41) is 8.81. The van der Waals surface area contributed by atoms with Gasteiger partial charge < -0.3 is 14.6 Å². The van der Waals surface area contributed by atoms with E-state index in [1.165, 1.54) is 11.3 Å². The number of nitrogens with one attached hydrogen (secondary N) is 1. The van der Waals surface area contributed by atoms with Gasteiger partial charge in [0.05, 0.1) is 18.4 Å². The van der Waals surface area contributed by atoms with Crippen LogP contribution in [-0.2, 0) is 0 Å². The molecule has 0 spiro atoms. The largest absolute Gasteiger partial charge is 0.496 e. The number of nitrogens with zero attached hydrogens (tertiary/aromatic N) is 2. The van der Waals surface area contributed by atoms with Crippen LogP contribution in [0.4, 0.5) is 5.69 Å². The Balaban J connectivity index is 1.59. The fraction of sp³-hybridized carbons (Fsp3) is 0.235. The Labute approximate surface area is 142 Å². The van der Waals surface area contributed by atoms with Crippen molar-refractivity contribution in [2.24, 2.45) is 0 Å². The van der Waals surface area contributed by atoms with Crippen molar-refractivity contribution in [3.05, 3.63) is 47.1 Å². The van der Waals surface area contributed by atoms with Crippen LogP contribution in [0.15, 0.2) is 40.2 Å². The molecule has 122 valence electrons. The van der Waals surface area contributed by atoms with E-state index >= 15 is 0 Å². The van der Waals surface area contributed by atoms with Gasteiger partial charge in [-0.2, -0.15) is 4.98 Å². The number of aromatic nitrogens is 2. The van der Waals surface area contributed by atoms with Gasteiger partial charge in [0.1, 0.15) is 10.6 Å². The lowest BCUT2D eigenvalue weighted by Gasteiger charge is -2.08. The number of ether oxygens (including phenoxy) is 1. The topological polar surface area (TPSA) is 77.2 Å². The highest BCUT2D eigenvalue weighted by atomic mass is 32.1. The highest BCUT2D eigenvalue weighted by Crippen LogP contribution is 2.40. The zero-order valence-corrected chi connectivity index (χ0v) is 13.8. The van der Waals surface area contributed by atoms with Crippen molar-refractivity contribution < 1.29 is 14.1 Å². The summed E-state index contributed by atoms with van der Waals surface area (Å²) in [6.45, 7) is 0. The molecule has 0 saturated heterocycles. The van der Waals surface area contributed by atoms with Crippen molar-refractivity contribution in [2.75, 3.05) is 12.4 Å². The summed E-state index contributed by atoms with van der Waals surface area (Å²) in [6, 6.07) is 8.92. The Morgan fingerprint density at radius 2 is 2.17 bits per heavy atom. The summed E-state index contributed by atoms with van der Waals surface area (Å²) in [6.07, 6.45) is 2.22. The Kier molecular flexibility index (Phi) is 3.78. The summed E-state index contributed by atoms with van der Waals surface area (Å²) in [7, 11) is 1.54. The van der Waals surface area contributed by atoms with Gasteiger partial charge in [0.2, 0.25) is 0 Å². The summed E-state index contributed by atoms with van der Waals surface area (Å²) < 4.78 is 10.6. The minimum absolute atomic E-state index is 0.242. The average molecular weight is 341 g/mol. The summed E-state index contributed by atoms with van der Waals surface area (Å²) in [5.74, 6) is 1.91. The first-order valence-electron chi connectivity index (χ1n) is 7.62. The molecule has 6 nitrogen and oxygen atoms in total. The number of amides is 1. The standard InChI is InChI=1S/C17H15N3O3S/c1-22-13-5-3-2-4-11(13)16(21)18-12-8-9-24-14(12)17-19-15(20-23-17)10-6-7-10/h2-5,8-10H,6-7H2,1H3,(H,18,21). The number of hydrogen-bond acceptors (Lipinski definition) is 6. The molecule has 0 aliphatic heterocycles. The van der Waals surface area contributed by atoms with Crippen molar-refractivity contribution in [1.29, 1.82) is 0 Å². The van der Waals surface area contributed by atoms with Gasteiger partial charge in [-0.15, -0.1) is 11.3 Å². The SMILES string of the molecule is COc1ccccc1C(=O)Nc1ccsc1-c1nc(C2CC2)no1. The molecule has 24 heavy (non-hydrogen) atoms. The minimum atomic E-state index is -0.242. The fourth-order valence-electron chi connectivity index (χ4n) is 2.43. The number of carbonyl (C=O) groups excluding carboxylic acids is 1. The first-order valence-corrected chi connectivity index (χ1v) is 8.50. The third-order valence-electron chi connectivity index (χ3n) is 3.84. The Hall–Kier alpha value is -2.67. The monoisotopic (exact) mass is 341 g/mol. The van der Waals surface area contributed by atoms with E-state index < -0.39 is 0 Å². The van der Waals surface area contributed by atoms with Gasteiger partial charge in [0.15, 0.2) is 5.82 Å². The molecule has 0 unspecified atom stereocenters. The van der Waals surface area contributed by atoms with Crippen molar-refractivity contribution in [1.82, 2.24) is 10.1 Å².